The van der Waals surface area contributed by atoms with Gasteiger partial charge in [-0.15, -0.1) is 0 Å². The van der Waals surface area contributed by atoms with Crippen molar-refractivity contribution in [3.63, 3.8) is 0 Å². The summed E-state index contributed by atoms with van der Waals surface area (Å²) < 4.78 is 0. The average molecular weight is 377 g/mol. The Balaban J connectivity index is 1.40. The number of H-pyrrole nitrogens is 1. The molecule has 28 heavy (non-hydrogen) atoms. The van der Waals surface area contributed by atoms with E-state index < -0.39 is 0 Å². The number of imidazole rings is 1. The SMILES string of the molecule is CCC(NC(=O)C1CCCN(Cc2ccccc2)C1)c1nc2ccccc2[nH]1. The van der Waals surface area contributed by atoms with Crippen LogP contribution < -0.4 is 5.32 Å². The minimum absolute atomic E-state index is 0.0379. The number of nitrogens with zero attached hydrogens (tertiary/aromatic N) is 2. The zero-order valence-electron chi connectivity index (χ0n) is 16.4. The van der Waals surface area contributed by atoms with Crippen LogP contribution in [0.5, 0.6) is 0 Å². The molecule has 2 aromatic carbocycles. The molecule has 0 spiro atoms. The van der Waals surface area contributed by atoms with Crippen LogP contribution in [0, 0.1) is 5.92 Å². The highest BCUT2D eigenvalue weighted by molar-refractivity contribution is 5.80. The molecule has 2 N–H and O–H groups in total. The molecule has 2 heterocycles. The Morgan fingerprint density at radius 1 is 1.21 bits per heavy atom. The van der Waals surface area contributed by atoms with E-state index in [1.54, 1.807) is 0 Å². The molecule has 0 bridgehead atoms. The van der Waals surface area contributed by atoms with Crippen LogP contribution in [0.3, 0.4) is 0 Å². The van der Waals surface area contributed by atoms with Gasteiger partial charge >= 0.3 is 0 Å². The number of para-hydroxylation sites is 2. The lowest BCUT2D eigenvalue weighted by molar-refractivity contribution is -0.127. The highest BCUT2D eigenvalue weighted by Crippen LogP contribution is 2.22. The van der Waals surface area contributed by atoms with Gasteiger partial charge in [0.2, 0.25) is 5.91 Å². The second kappa shape index (κ2) is 8.57. The van der Waals surface area contributed by atoms with E-state index in [1.807, 2.05) is 30.3 Å². The molecule has 1 amide bonds. The molecule has 0 radical (unpaired) electrons. The first-order valence-electron chi connectivity index (χ1n) is 10.2. The molecular weight excluding hydrogens is 348 g/mol. The molecule has 2 atom stereocenters. The molecule has 1 aliphatic heterocycles. The second-order valence-electron chi connectivity index (χ2n) is 7.67. The van der Waals surface area contributed by atoms with E-state index in [4.69, 9.17) is 0 Å². The first kappa shape index (κ1) is 18.7. The molecule has 1 saturated heterocycles. The molecule has 0 saturated carbocycles. The monoisotopic (exact) mass is 376 g/mol. The number of rotatable bonds is 6. The molecule has 146 valence electrons. The largest absolute Gasteiger partial charge is 0.346 e. The van der Waals surface area contributed by atoms with Crippen molar-refractivity contribution in [2.24, 2.45) is 5.92 Å². The van der Waals surface area contributed by atoms with Gasteiger partial charge < -0.3 is 10.3 Å². The number of aromatic amines is 1. The number of nitrogens with one attached hydrogen (secondary N) is 2. The third-order valence-corrected chi connectivity index (χ3v) is 5.59. The van der Waals surface area contributed by atoms with Crippen LogP contribution in [0.15, 0.2) is 54.6 Å². The Labute approximate surface area is 166 Å². The Kier molecular flexibility index (Phi) is 5.72. The quantitative estimate of drug-likeness (QED) is 0.682. The van der Waals surface area contributed by atoms with Crippen molar-refractivity contribution in [1.29, 1.82) is 0 Å². The molecule has 1 aromatic heterocycles. The summed E-state index contributed by atoms with van der Waals surface area (Å²) in [6.45, 7) is 4.86. The second-order valence-corrected chi connectivity index (χ2v) is 7.67. The number of amides is 1. The summed E-state index contributed by atoms with van der Waals surface area (Å²) in [4.78, 5) is 23.4. The van der Waals surface area contributed by atoms with E-state index in [0.717, 1.165) is 55.8 Å². The van der Waals surface area contributed by atoms with Gasteiger partial charge in [0.1, 0.15) is 5.82 Å². The Morgan fingerprint density at radius 3 is 2.79 bits per heavy atom. The van der Waals surface area contributed by atoms with Gasteiger partial charge in [0.05, 0.1) is 23.0 Å². The summed E-state index contributed by atoms with van der Waals surface area (Å²) in [5.41, 5.74) is 3.26. The zero-order valence-corrected chi connectivity index (χ0v) is 16.4. The van der Waals surface area contributed by atoms with Gasteiger partial charge in [0.25, 0.3) is 0 Å². The lowest BCUT2D eigenvalue weighted by atomic mass is 9.96. The third-order valence-electron chi connectivity index (χ3n) is 5.59. The maximum absolute atomic E-state index is 13.0. The van der Waals surface area contributed by atoms with Gasteiger partial charge in [-0.1, -0.05) is 49.4 Å². The lowest BCUT2D eigenvalue weighted by Gasteiger charge is -2.32. The maximum atomic E-state index is 13.0. The van der Waals surface area contributed by atoms with Gasteiger partial charge in [-0.3, -0.25) is 9.69 Å². The fourth-order valence-corrected chi connectivity index (χ4v) is 4.05. The van der Waals surface area contributed by atoms with Crippen molar-refractivity contribution in [2.75, 3.05) is 13.1 Å². The predicted octanol–water partition coefficient (Wildman–Crippen LogP) is 4.04. The summed E-state index contributed by atoms with van der Waals surface area (Å²) in [6, 6.07) is 18.4. The van der Waals surface area contributed by atoms with E-state index in [2.05, 4.69) is 51.4 Å². The van der Waals surface area contributed by atoms with E-state index in [1.165, 1.54) is 5.56 Å². The van der Waals surface area contributed by atoms with Crippen LogP contribution in [0.2, 0.25) is 0 Å². The summed E-state index contributed by atoms with van der Waals surface area (Å²) in [5, 5.41) is 3.24. The van der Waals surface area contributed by atoms with Gasteiger partial charge in [0, 0.05) is 13.1 Å². The van der Waals surface area contributed by atoms with Crippen molar-refractivity contribution in [3.05, 3.63) is 66.0 Å². The predicted molar refractivity (Wildman–Crippen MR) is 112 cm³/mol. The van der Waals surface area contributed by atoms with E-state index in [0.29, 0.717) is 0 Å². The minimum Gasteiger partial charge on any atom is -0.346 e. The van der Waals surface area contributed by atoms with Crippen LogP contribution >= 0.6 is 0 Å². The van der Waals surface area contributed by atoms with Gasteiger partial charge in [-0.2, -0.15) is 0 Å². The van der Waals surface area contributed by atoms with E-state index in [-0.39, 0.29) is 17.9 Å². The maximum Gasteiger partial charge on any atom is 0.224 e. The van der Waals surface area contributed by atoms with Gasteiger partial charge in [-0.25, -0.2) is 4.98 Å². The molecular formula is C23H28N4O. The number of fused-ring (bicyclic) bond motifs is 1. The number of piperidine rings is 1. The lowest BCUT2D eigenvalue weighted by Crippen LogP contribution is -2.43. The highest BCUT2D eigenvalue weighted by atomic mass is 16.2. The standard InChI is InChI=1S/C23H28N4O/c1-2-19(22-24-20-12-6-7-13-21(20)25-22)26-23(28)18-11-8-14-27(16-18)15-17-9-4-3-5-10-17/h3-7,9-10,12-13,18-19H,2,8,11,14-16H2,1H3,(H,24,25)(H,26,28). The zero-order chi connectivity index (χ0) is 19.3. The third kappa shape index (κ3) is 4.25. The van der Waals surface area contributed by atoms with Crippen molar-refractivity contribution < 1.29 is 4.79 Å². The summed E-state index contributed by atoms with van der Waals surface area (Å²) in [7, 11) is 0. The van der Waals surface area contributed by atoms with Crippen LogP contribution in [0.1, 0.15) is 43.6 Å². The van der Waals surface area contributed by atoms with Crippen molar-refractivity contribution in [3.8, 4) is 0 Å². The Hall–Kier alpha value is -2.66. The molecule has 3 aromatic rings. The van der Waals surface area contributed by atoms with Crippen LogP contribution in [0.4, 0.5) is 0 Å². The molecule has 1 aliphatic rings. The first-order chi connectivity index (χ1) is 13.7. The molecule has 2 unspecified atom stereocenters. The normalized spacial score (nSPS) is 18.8. The Morgan fingerprint density at radius 2 is 2.00 bits per heavy atom. The molecule has 1 fully saturated rings. The summed E-state index contributed by atoms with van der Waals surface area (Å²) in [6.07, 6.45) is 2.83. The topological polar surface area (TPSA) is 61.0 Å². The van der Waals surface area contributed by atoms with Gasteiger partial charge in [-0.05, 0) is 43.5 Å². The van der Waals surface area contributed by atoms with E-state index >= 15 is 0 Å². The molecule has 4 rings (SSSR count). The van der Waals surface area contributed by atoms with Crippen LogP contribution in [0.25, 0.3) is 11.0 Å². The number of hydrogen-bond acceptors (Lipinski definition) is 3. The number of aromatic nitrogens is 2. The fraction of sp³-hybridized carbons (Fsp3) is 0.391. The number of benzene rings is 2. The molecule has 5 nitrogen and oxygen atoms in total. The Bertz CT molecular complexity index is 888. The van der Waals surface area contributed by atoms with Crippen molar-refractivity contribution >= 4 is 16.9 Å². The minimum atomic E-state index is -0.0793. The molecule has 0 aliphatic carbocycles. The average Bonchev–Trinajstić information content (AvgIpc) is 3.17. The number of likely N-dealkylation sites (tertiary alicyclic amines) is 1. The van der Waals surface area contributed by atoms with Crippen molar-refractivity contribution in [2.45, 2.75) is 38.8 Å². The number of hydrogen-bond donors (Lipinski definition) is 2. The van der Waals surface area contributed by atoms with Crippen LogP contribution in [-0.4, -0.2) is 33.9 Å². The first-order valence-corrected chi connectivity index (χ1v) is 10.2. The van der Waals surface area contributed by atoms with Crippen LogP contribution in [-0.2, 0) is 11.3 Å². The fourth-order valence-electron chi connectivity index (χ4n) is 4.05. The number of carbonyl (C=O) groups is 1. The van der Waals surface area contributed by atoms with E-state index in [9.17, 15) is 4.79 Å². The summed E-state index contributed by atoms with van der Waals surface area (Å²) >= 11 is 0. The van der Waals surface area contributed by atoms with Gasteiger partial charge in [0.15, 0.2) is 0 Å². The smallest absolute Gasteiger partial charge is 0.224 e. The highest BCUT2D eigenvalue weighted by Gasteiger charge is 2.28. The molecule has 5 heteroatoms. The number of carbonyl (C=O) groups excluding carboxylic acids is 1. The summed E-state index contributed by atoms with van der Waals surface area (Å²) in [5.74, 6) is 1.02. The van der Waals surface area contributed by atoms with Crippen molar-refractivity contribution in [1.82, 2.24) is 20.2 Å².